The van der Waals surface area contributed by atoms with Gasteiger partial charge in [-0.05, 0) is 37.3 Å². The number of hydrogen-bond acceptors (Lipinski definition) is 4. The first-order valence-electron chi connectivity index (χ1n) is 9.86. The van der Waals surface area contributed by atoms with Crippen molar-refractivity contribution >= 4 is 62.3 Å². The van der Waals surface area contributed by atoms with E-state index >= 15 is 0 Å². The van der Waals surface area contributed by atoms with E-state index in [0.29, 0.717) is 28.3 Å². The van der Waals surface area contributed by atoms with Crippen molar-refractivity contribution in [3.63, 3.8) is 0 Å². The maximum absolute atomic E-state index is 13.3. The first-order chi connectivity index (χ1) is 16.1. The lowest BCUT2D eigenvalue weighted by Gasteiger charge is -2.32. The van der Waals surface area contributed by atoms with Gasteiger partial charge in [0, 0.05) is 29.2 Å². The molecule has 0 radical (unpaired) electrons. The number of benzene rings is 2. The molecule has 0 aliphatic carbocycles. The molecule has 0 saturated carbocycles. The summed E-state index contributed by atoms with van der Waals surface area (Å²) >= 11 is 18.4. The molecule has 1 atom stereocenters. The summed E-state index contributed by atoms with van der Waals surface area (Å²) in [5.74, 6) is -1.49. The van der Waals surface area contributed by atoms with Gasteiger partial charge in [-0.15, -0.1) is 0 Å². The normalized spacial score (nSPS) is 12.7. The van der Waals surface area contributed by atoms with E-state index in [1.54, 1.807) is 6.07 Å². The molecule has 2 rings (SSSR count). The molecule has 2 aromatic rings. The molecule has 0 aliphatic heterocycles. The zero-order valence-corrected chi connectivity index (χ0v) is 21.7. The molecule has 35 heavy (non-hydrogen) atoms. The van der Waals surface area contributed by atoms with Crippen LogP contribution in [0.4, 0.5) is 18.9 Å². The number of rotatable bonds is 8. The highest BCUT2D eigenvalue weighted by molar-refractivity contribution is 7.92. The van der Waals surface area contributed by atoms with Gasteiger partial charge in [0.15, 0.2) is 0 Å². The van der Waals surface area contributed by atoms with Crippen LogP contribution >= 0.6 is 34.8 Å². The summed E-state index contributed by atoms with van der Waals surface area (Å²) in [5, 5.41) is 2.45. The number of halogens is 6. The summed E-state index contributed by atoms with van der Waals surface area (Å²) in [6.07, 6.45) is -4.07. The molecule has 1 N–H and O–H groups in total. The molecule has 2 aromatic carbocycles. The SMILES string of the molecule is CNC(=O)[C@H](C)N(Cc1c(Cl)cccc1Cl)C(=O)CN(c1cc(C(F)(F)F)ccc1Cl)S(C)(=O)=O. The van der Waals surface area contributed by atoms with Crippen LogP contribution in [0.15, 0.2) is 36.4 Å². The number of likely N-dealkylation sites (N-methyl/N-ethyl adjacent to an activating group) is 1. The van der Waals surface area contributed by atoms with Crippen molar-refractivity contribution in [3.05, 3.63) is 62.6 Å². The maximum Gasteiger partial charge on any atom is 0.416 e. The molecule has 0 heterocycles. The minimum Gasteiger partial charge on any atom is -0.357 e. The summed E-state index contributed by atoms with van der Waals surface area (Å²) < 4.78 is 65.2. The zero-order valence-electron chi connectivity index (χ0n) is 18.7. The fourth-order valence-corrected chi connectivity index (χ4v) is 4.76. The number of carbonyl (C=O) groups excluding carboxylic acids is 2. The second-order valence-electron chi connectivity index (χ2n) is 7.45. The van der Waals surface area contributed by atoms with Gasteiger partial charge < -0.3 is 10.2 Å². The van der Waals surface area contributed by atoms with E-state index in [2.05, 4.69) is 5.32 Å². The summed E-state index contributed by atoms with van der Waals surface area (Å²) in [4.78, 5) is 26.7. The Morgan fingerprint density at radius 3 is 2.11 bits per heavy atom. The summed E-state index contributed by atoms with van der Waals surface area (Å²) in [5.41, 5.74) is -1.40. The van der Waals surface area contributed by atoms with Gasteiger partial charge in [-0.1, -0.05) is 40.9 Å². The third kappa shape index (κ3) is 7.16. The third-order valence-corrected chi connectivity index (χ3v) is 7.18. The molecular weight excluding hydrogens is 554 g/mol. The lowest BCUT2D eigenvalue weighted by molar-refractivity contribution is -0.139. The quantitative estimate of drug-likeness (QED) is 0.500. The summed E-state index contributed by atoms with van der Waals surface area (Å²) in [7, 11) is -2.95. The van der Waals surface area contributed by atoms with Crippen molar-refractivity contribution in [2.24, 2.45) is 0 Å². The van der Waals surface area contributed by atoms with Gasteiger partial charge in [0.1, 0.15) is 12.6 Å². The molecule has 0 saturated heterocycles. The number of sulfonamides is 1. The molecule has 14 heteroatoms. The average Bonchev–Trinajstić information content (AvgIpc) is 2.75. The second kappa shape index (κ2) is 11.2. The standard InChI is InChI=1S/C21H21Cl3F3N3O4S/c1-12(20(32)28-2)29(10-14-15(22)5-4-6-16(14)23)19(31)11-30(35(3,33)34)18-9-13(21(25,26)27)7-8-17(18)24/h4-9,12H,10-11H2,1-3H3,(H,28,32)/t12-/m0/s1. The molecule has 192 valence electrons. The van der Waals surface area contributed by atoms with Gasteiger partial charge in [-0.2, -0.15) is 13.2 Å². The molecule has 0 aliphatic rings. The summed E-state index contributed by atoms with van der Waals surface area (Å²) in [6, 6.07) is 5.60. The number of hydrogen-bond donors (Lipinski definition) is 1. The fourth-order valence-electron chi connectivity index (χ4n) is 3.12. The first-order valence-corrected chi connectivity index (χ1v) is 12.8. The van der Waals surface area contributed by atoms with E-state index in [4.69, 9.17) is 34.8 Å². The van der Waals surface area contributed by atoms with Crippen molar-refractivity contribution in [3.8, 4) is 0 Å². The molecular formula is C21H21Cl3F3N3O4S. The number of nitrogens with one attached hydrogen (secondary N) is 1. The predicted molar refractivity (Wildman–Crippen MR) is 129 cm³/mol. The fraction of sp³-hybridized carbons (Fsp3) is 0.333. The van der Waals surface area contributed by atoms with Crippen LogP contribution < -0.4 is 9.62 Å². The van der Waals surface area contributed by atoms with Crippen LogP contribution in [0.25, 0.3) is 0 Å². The highest BCUT2D eigenvalue weighted by Crippen LogP contribution is 2.36. The van der Waals surface area contributed by atoms with Crippen molar-refractivity contribution < 1.29 is 31.2 Å². The molecule has 2 amide bonds. The topological polar surface area (TPSA) is 86.8 Å². The van der Waals surface area contributed by atoms with Gasteiger partial charge in [-0.25, -0.2) is 8.42 Å². The van der Waals surface area contributed by atoms with Crippen LogP contribution in [-0.4, -0.2) is 51.0 Å². The Morgan fingerprint density at radius 1 is 1.06 bits per heavy atom. The van der Waals surface area contributed by atoms with E-state index in [1.807, 2.05) is 0 Å². The molecule has 7 nitrogen and oxygen atoms in total. The predicted octanol–water partition coefficient (Wildman–Crippen LogP) is 4.59. The second-order valence-corrected chi connectivity index (χ2v) is 10.6. The Bertz CT molecular complexity index is 1210. The third-order valence-electron chi connectivity index (χ3n) is 5.03. The number of nitrogens with zero attached hydrogens (tertiary/aromatic N) is 2. The minimum atomic E-state index is -4.78. The Kier molecular flexibility index (Phi) is 9.32. The van der Waals surface area contributed by atoms with Gasteiger partial charge >= 0.3 is 6.18 Å². The van der Waals surface area contributed by atoms with Crippen molar-refractivity contribution in [2.75, 3.05) is 24.2 Å². The molecule has 0 bridgehead atoms. The smallest absolute Gasteiger partial charge is 0.357 e. The number of amides is 2. The van der Waals surface area contributed by atoms with Crippen molar-refractivity contribution in [1.29, 1.82) is 0 Å². The molecule has 0 aromatic heterocycles. The highest BCUT2D eigenvalue weighted by atomic mass is 35.5. The van der Waals surface area contributed by atoms with Crippen LogP contribution in [0.3, 0.4) is 0 Å². The first kappa shape index (κ1) is 29.0. The van der Waals surface area contributed by atoms with Gasteiger partial charge in [0.05, 0.1) is 22.5 Å². The van der Waals surface area contributed by atoms with Gasteiger partial charge in [-0.3, -0.25) is 13.9 Å². The van der Waals surface area contributed by atoms with E-state index in [1.165, 1.54) is 26.1 Å². The number of carbonyl (C=O) groups is 2. The van der Waals surface area contributed by atoms with Gasteiger partial charge in [0.2, 0.25) is 21.8 Å². The molecule has 0 unspecified atom stereocenters. The van der Waals surface area contributed by atoms with Crippen LogP contribution in [-0.2, 0) is 32.3 Å². The van der Waals surface area contributed by atoms with Crippen LogP contribution in [0.1, 0.15) is 18.1 Å². The van der Waals surface area contributed by atoms with E-state index in [0.717, 1.165) is 11.0 Å². The molecule has 0 spiro atoms. The largest absolute Gasteiger partial charge is 0.416 e. The molecule has 0 fully saturated rings. The van der Waals surface area contributed by atoms with E-state index in [9.17, 15) is 31.2 Å². The summed E-state index contributed by atoms with van der Waals surface area (Å²) in [6.45, 7) is 0.173. The van der Waals surface area contributed by atoms with Crippen molar-refractivity contribution in [1.82, 2.24) is 10.2 Å². The minimum absolute atomic E-state index is 0.195. The van der Waals surface area contributed by atoms with E-state index < -0.39 is 51.9 Å². The Labute approximate surface area is 215 Å². The van der Waals surface area contributed by atoms with Crippen LogP contribution in [0.5, 0.6) is 0 Å². The Balaban J connectivity index is 2.55. The maximum atomic E-state index is 13.3. The number of anilines is 1. The number of alkyl halides is 3. The lowest BCUT2D eigenvalue weighted by Crippen LogP contribution is -2.50. The lowest BCUT2D eigenvalue weighted by atomic mass is 10.1. The highest BCUT2D eigenvalue weighted by Gasteiger charge is 2.34. The zero-order chi connectivity index (χ0) is 26.7. The average molecular weight is 575 g/mol. The monoisotopic (exact) mass is 573 g/mol. The Morgan fingerprint density at radius 2 is 1.63 bits per heavy atom. The van der Waals surface area contributed by atoms with Crippen LogP contribution in [0, 0.1) is 0 Å². The van der Waals surface area contributed by atoms with E-state index in [-0.39, 0.29) is 21.6 Å². The van der Waals surface area contributed by atoms with Crippen molar-refractivity contribution in [2.45, 2.75) is 25.7 Å². The van der Waals surface area contributed by atoms with Crippen LogP contribution in [0.2, 0.25) is 15.1 Å². The Hall–Kier alpha value is -2.21. The van der Waals surface area contributed by atoms with Gasteiger partial charge in [0.25, 0.3) is 0 Å².